The van der Waals surface area contributed by atoms with E-state index >= 15 is 0 Å². The van der Waals surface area contributed by atoms with Gasteiger partial charge in [0.2, 0.25) is 0 Å². The van der Waals surface area contributed by atoms with Gasteiger partial charge >= 0.3 is 0 Å². The smallest absolute Gasteiger partial charge is 0.265 e. The van der Waals surface area contributed by atoms with Crippen molar-refractivity contribution in [3.63, 3.8) is 0 Å². The van der Waals surface area contributed by atoms with Crippen LogP contribution in [0.25, 0.3) is 0 Å². The summed E-state index contributed by atoms with van der Waals surface area (Å²) in [5.41, 5.74) is 2.77. The molecular formula is C13H16N4OS. The topological polar surface area (TPSA) is 61.9 Å². The number of carbonyl (C=O) groups excluding carboxylic acids is 1. The molecule has 1 aliphatic heterocycles. The number of hydrogen-bond acceptors (Lipinski definition) is 4. The molecule has 5 nitrogen and oxygen atoms in total. The first kappa shape index (κ1) is 12.3. The molecule has 0 bridgehead atoms. The van der Waals surface area contributed by atoms with Gasteiger partial charge in [-0.1, -0.05) is 0 Å². The summed E-state index contributed by atoms with van der Waals surface area (Å²) in [5.74, 6) is 1.41. The van der Waals surface area contributed by atoms with Crippen LogP contribution in [0.2, 0.25) is 0 Å². The molecule has 1 N–H and O–H groups in total. The molecule has 0 aromatic carbocycles. The Bertz CT molecular complexity index is 563. The molecular weight excluding hydrogens is 260 g/mol. The third-order valence-electron chi connectivity index (χ3n) is 3.46. The van der Waals surface area contributed by atoms with Gasteiger partial charge in [-0.15, -0.1) is 11.3 Å². The van der Waals surface area contributed by atoms with E-state index in [9.17, 15) is 4.79 Å². The van der Waals surface area contributed by atoms with Crippen molar-refractivity contribution >= 4 is 17.2 Å². The van der Waals surface area contributed by atoms with Crippen molar-refractivity contribution in [3.05, 3.63) is 34.3 Å². The number of nitrogens with zero attached hydrogens (tertiary/aromatic N) is 3. The molecule has 1 amide bonds. The second-order valence-corrected chi connectivity index (χ2v) is 5.79. The van der Waals surface area contributed by atoms with E-state index in [-0.39, 0.29) is 5.91 Å². The zero-order valence-electron chi connectivity index (χ0n) is 10.8. The van der Waals surface area contributed by atoms with Gasteiger partial charge in [-0.05, 0) is 19.8 Å². The Morgan fingerprint density at radius 3 is 3.11 bits per heavy atom. The number of rotatable bonds is 2. The lowest BCUT2D eigenvalue weighted by molar-refractivity contribution is 0.0709. The Labute approximate surface area is 115 Å². The van der Waals surface area contributed by atoms with Crippen molar-refractivity contribution in [2.24, 2.45) is 0 Å². The molecule has 1 fully saturated rings. The summed E-state index contributed by atoms with van der Waals surface area (Å²) in [6.07, 6.45) is 5.60. The van der Waals surface area contributed by atoms with E-state index in [4.69, 9.17) is 0 Å². The number of carbonyl (C=O) groups is 1. The number of piperidine rings is 1. The lowest BCUT2D eigenvalue weighted by Crippen LogP contribution is -2.39. The molecule has 0 saturated carbocycles. The van der Waals surface area contributed by atoms with Crippen LogP contribution >= 0.6 is 11.3 Å². The van der Waals surface area contributed by atoms with Gasteiger partial charge in [0.05, 0.1) is 11.7 Å². The number of hydrogen-bond donors (Lipinski definition) is 1. The molecule has 3 heterocycles. The number of nitrogens with one attached hydrogen (secondary N) is 1. The van der Waals surface area contributed by atoms with Crippen molar-refractivity contribution in [1.29, 1.82) is 0 Å². The first-order valence-electron chi connectivity index (χ1n) is 6.43. The summed E-state index contributed by atoms with van der Waals surface area (Å²) in [4.78, 5) is 26.6. The second-order valence-electron chi connectivity index (χ2n) is 4.91. The van der Waals surface area contributed by atoms with Crippen LogP contribution in [-0.2, 0) is 0 Å². The third-order valence-corrected chi connectivity index (χ3v) is 4.22. The Morgan fingerprint density at radius 1 is 1.53 bits per heavy atom. The average molecular weight is 276 g/mol. The maximum atomic E-state index is 12.3. The van der Waals surface area contributed by atoms with Gasteiger partial charge in [-0.25, -0.2) is 4.98 Å². The highest BCUT2D eigenvalue weighted by atomic mass is 32.1. The van der Waals surface area contributed by atoms with Crippen LogP contribution in [0, 0.1) is 6.92 Å². The summed E-state index contributed by atoms with van der Waals surface area (Å²) >= 11 is 1.40. The molecule has 0 radical (unpaired) electrons. The normalized spacial score (nSPS) is 19.6. The third kappa shape index (κ3) is 2.53. The van der Waals surface area contributed by atoms with Gasteiger partial charge in [-0.3, -0.25) is 9.78 Å². The van der Waals surface area contributed by atoms with Gasteiger partial charge < -0.3 is 9.88 Å². The van der Waals surface area contributed by atoms with Crippen molar-refractivity contribution in [2.75, 3.05) is 13.1 Å². The van der Waals surface area contributed by atoms with Crippen LogP contribution in [-0.4, -0.2) is 38.8 Å². The maximum absolute atomic E-state index is 12.3. The Balaban J connectivity index is 1.73. The number of aromatic nitrogens is 3. The summed E-state index contributed by atoms with van der Waals surface area (Å²) in [6, 6.07) is 0. The van der Waals surface area contributed by atoms with Crippen LogP contribution in [0.4, 0.5) is 0 Å². The zero-order valence-corrected chi connectivity index (χ0v) is 11.6. The molecule has 0 unspecified atom stereocenters. The largest absolute Gasteiger partial charge is 0.346 e. The van der Waals surface area contributed by atoms with Crippen LogP contribution in [0.1, 0.15) is 39.9 Å². The molecule has 6 heteroatoms. The number of amides is 1. The number of imidazole rings is 1. The molecule has 100 valence electrons. The number of likely N-dealkylation sites (tertiary alicyclic amines) is 1. The zero-order chi connectivity index (χ0) is 13.2. The fourth-order valence-electron chi connectivity index (χ4n) is 2.50. The Morgan fingerprint density at radius 2 is 2.42 bits per heavy atom. The molecule has 1 saturated heterocycles. The maximum Gasteiger partial charge on any atom is 0.265 e. The van der Waals surface area contributed by atoms with Gasteiger partial charge in [0.1, 0.15) is 10.7 Å². The average Bonchev–Trinajstić information content (AvgIpc) is 3.09. The van der Waals surface area contributed by atoms with E-state index in [0.29, 0.717) is 5.92 Å². The van der Waals surface area contributed by atoms with Crippen molar-refractivity contribution in [1.82, 2.24) is 19.9 Å². The van der Waals surface area contributed by atoms with Crippen molar-refractivity contribution in [2.45, 2.75) is 25.7 Å². The molecule has 2 aromatic rings. The summed E-state index contributed by atoms with van der Waals surface area (Å²) in [6.45, 7) is 3.57. The minimum Gasteiger partial charge on any atom is -0.346 e. The van der Waals surface area contributed by atoms with E-state index in [0.717, 1.165) is 42.3 Å². The molecule has 1 atom stereocenters. The molecule has 19 heavy (non-hydrogen) atoms. The van der Waals surface area contributed by atoms with Crippen molar-refractivity contribution in [3.8, 4) is 0 Å². The van der Waals surface area contributed by atoms with E-state index in [1.54, 1.807) is 11.7 Å². The minimum atomic E-state index is 0.0930. The Kier molecular flexibility index (Phi) is 3.33. The van der Waals surface area contributed by atoms with Crippen LogP contribution in [0.3, 0.4) is 0 Å². The van der Waals surface area contributed by atoms with E-state index in [1.807, 2.05) is 18.0 Å². The van der Waals surface area contributed by atoms with Crippen LogP contribution < -0.4 is 0 Å². The predicted octanol–water partition coefficient (Wildman–Crippen LogP) is 2.19. The molecule has 2 aromatic heterocycles. The van der Waals surface area contributed by atoms with Crippen molar-refractivity contribution < 1.29 is 4.79 Å². The molecule has 1 aliphatic rings. The lowest BCUT2D eigenvalue weighted by atomic mass is 9.97. The van der Waals surface area contributed by atoms with Gasteiger partial charge in [0.15, 0.2) is 0 Å². The number of aryl methyl sites for hydroxylation is 1. The van der Waals surface area contributed by atoms with E-state index in [2.05, 4.69) is 15.0 Å². The lowest BCUT2D eigenvalue weighted by Gasteiger charge is -2.31. The second kappa shape index (κ2) is 5.13. The first-order valence-corrected chi connectivity index (χ1v) is 7.31. The number of aromatic amines is 1. The quantitative estimate of drug-likeness (QED) is 0.914. The predicted molar refractivity (Wildman–Crippen MR) is 73.3 cm³/mol. The van der Waals surface area contributed by atoms with E-state index < -0.39 is 0 Å². The van der Waals surface area contributed by atoms with Gasteiger partial charge in [0.25, 0.3) is 5.91 Å². The number of H-pyrrole nitrogens is 1. The fourth-order valence-corrected chi connectivity index (χ4v) is 3.09. The van der Waals surface area contributed by atoms with Gasteiger partial charge in [-0.2, -0.15) is 0 Å². The SMILES string of the molecule is Cc1cnc([C@@H]2CCCN(C(=O)c3cncs3)C2)[nH]1. The fraction of sp³-hybridized carbons (Fsp3) is 0.462. The standard InChI is InChI=1S/C13H16N4OS/c1-9-5-15-12(16-9)10-3-2-4-17(7-10)13(18)11-6-14-8-19-11/h5-6,8,10H,2-4,7H2,1H3,(H,15,16)/t10-/m1/s1. The highest BCUT2D eigenvalue weighted by Gasteiger charge is 2.27. The Hall–Kier alpha value is -1.69. The molecule has 3 rings (SSSR count). The summed E-state index contributed by atoms with van der Waals surface area (Å²) in [5, 5.41) is 0. The summed E-state index contributed by atoms with van der Waals surface area (Å²) in [7, 11) is 0. The number of thiazole rings is 1. The molecule has 0 aliphatic carbocycles. The van der Waals surface area contributed by atoms with Crippen LogP contribution in [0.5, 0.6) is 0 Å². The summed E-state index contributed by atoms with van der Waals surface area (Å²) < 4.78 is 0. The van der Waals surface area contributed by atoms with E-state index in [1.165, 1.54) is 11.3 Å². The van der Waals surface area contributed by atoms with Gasteiger partial charge in [0, 0.05) is 30.9 Å². The highest BCUT2D eigenvalue weighted by molar-refractivity contribution is 7.11. The first-order chi connectivity index (χ1) is 9.24. The molecule has 0 spiro atoms. The van der Waals surface area contributed by atoms with Crippen LogP contribution in [0.15, 0.2) is 17.9 Å². The minimum absolute atomic E-state index is 0.0930. The highest BCUT2D eigenvalue weighted by Crippen LogP contribution is 2.26. The monoisotopic (exact) mass is 276 g/mol.